The Kier molecular flexibility index (Phi) is 7.12. The van der Waals surface area contributed by atoms with E-state index in [1.54, 1.807) is 0 Å². The highest BCUT2D eigenvalue weighted by Gasteiger charge is 2.27. The number of amides is 2. The predicted molar refractivity (Wildman–Crippen MR) is 99.7 cm³/mol. The molecule has 3 atom stereocenters. The van der Waals surface area contributed by atoms with Crippen LogP contribution in [-0.4, -0.2) is 22.8 Å². The largest absolute Gasteiger partial charge is 0.353 e. The Hall–Kier alpha value is -2.44. The number of nitrogens with one attached hydrogen (secondary N) is 2. The molecule has 1 aromatic carbocycles. The minimum Gasteiger partial charge on any atom is -0.353 e. The van der Waals surface area contributed by atoms with Gasteiger partial charge in [0.2, 0.25) is 11.8 Å². The first-order chi connectivity index (χ1) is 12.4. The quantitative estimate of drug-likeness (QED) is 0.572. The first-order valence-electron chi connectivity index (χ1n) is 9.20. The number of carbonyl (C=O) groups excluding carboxylic acids is 2. The van der Waals surface area contributed by atoms with Gasteiger partial charge in [0.05, 0.1) is 4.92 Å². The average molecular weight is 361 g/mol. The van der Waals surface area contributed by atoms with Gasteiger partial charge < -0.3 is 10.6 Å². The van der Waals surface area contributed by atoms with Gasteiger partial charge in [0.15, 0.2) is 0 Å². The molecule has 1 aromatic rings. The minimum absolute atomic E-state index is 0.000846. The lowest BCUT2D eigenvalue weighted by Gasteiger charge is -2.34. The number of nitrogens with zero attached hydrogens (tertiary/aromatic N) is 1. The van der Waals surface area contributed by atoms with Crippen molar-refractivity contribution in [1.29, 1.82) is 0 Å². The topological polar surface area (TPSA) is 101 Å². The zero-order valence-corrected chi connectivity index (χ0v) is 15.4. The first kappa shape index (κ1) is 19.9. The first-order valence-corrected chi connectivity index (χ1v) is 9.20. The summed E-state index contributed by atoms with van der Waals surface area (Å²) in [5, 5.41) is 16.4. The van der Waals surface area contributed by atoms with E-state index in [1.165, 1.54) is 30.7 Å². The molecule has 7 nitrogen and oxygen atoms in total. The third-order valence-electron chi connectivity index (χ3n) is 5.22. The number of nitro groups is 1. The zero-order chi connectivity index (χ0) is 19.1. The maximum atomic E-state index is 12.1. The molecule has 0 radical (unpaired) electrons. The Labute approximate surface area is 153 Å². The number of carbonyl (C=O) groups is 2. The lowest BCUT2D eigenvalue weighted by molar-refractivity contribution is -0.384. The molecular formula is C19H27N3O4. The minimum atomic E-state index is -0.488. The van der Waals surface area contributed by atoms with Gasteiger partial charge in [-0.1, -0.05) is 26.7 Å². The molecule has 7 heteroatoms. The molecule has 0 spiro atoms. The highest BCUT2D eigenvalue weighted by atomic mass is 16.6. The molecule has 1 aliphatic rings. The molecule has 0 aliphatic heterocycles. The van der Waals surface area contributed by atoms with E-state index in [9.17, 15) is 19.7 Å². The van der Waals surface area contributed by atoms with Crippen LogP contribution in [0.25, 0.3) is 0 Å². The van der Waals surface area contributed by atoms with Gasteiger partial charge in [-0.15, -0.1) is 0 Å². The summed E-state index contributed by atoms with van der Waals surface area (Å²) in [6.45, 7) is 4.41. The molecule has 0 saturated heterocycles. The van der Waals surface area contributed by atoms with Crippen LogP contribution >= 0.6 is 0 Å². The summed E-state index contributed by atoms with van der Waals surface area (Å²) in [4.78, 5) is 34.1. The summed E-state index contributed by atoms with van der Waals surface area (Å²) >= 11 is 0. The number of non-ortho nitro benzene ring substituents is 1. The van der Waals surface area contributed by atoms with Crippen LogP contribution in [-0.2, 0) is 9.59 Å². The summed E-state index contributed by atoms with van der Waals surface area (Å²) in [5.41, 5.74) is 0.487. The number of benzene rings is 1. The van der Waals surface area contributed by atoms with Crippen molar-refractivity contribution in [2.45, 2.75) is 58.4 Å². The third-order valence-corrected chi connectivity index (χ3v) is 5.22. The van der Waals surface area contributed by atoms with Crippen molar-refractivity contribution in [3.05, 3.63) is 34.4 Å². The maximum Gasteiger partial charge on any atom is 0.269 e. The van der Waals surface area contributed by atoms with Gasteiger partial charge >= 0.3 is 0 Å². The lowest BCUT2D eigenvalue weighted by Crippen LogP contribution is -2.43. The van der Waals surface area contributed by atoms with Crippen molar-refractivity contribution >= 4 is 23.2 Å². The monoisotopic (exact) mass is 361 g/mol. The fourth-order valence-electron chi connectivity index (χ4n) is 3.36. The van der Waals surface area contributed by atoms with Gasteiger partial charge in [-0.3, -0.25) is 19.7 Å². The Morgan fingerprint density at radius 3 is 2.42 bits per heavy atom. The number of hydrogen-bond donors (Lipinski definition) is 2. The fourth-order valence-corrected chi connectivity index (χ4v) is 3.36. The molecule has 26 heavy (non-hydrogen) atoms. The molecule has 0 bridgehead atoms. The van der Waals surface area contributed by atoms with E-state index in [0.717, 1.165) is 12.8 Å². The van der Waals surface area contributed by atoms with Gasteiger partial charge in [0.1, 0.15) is 0 Å². The Balaban J connectivity index is 1.69. The molecule has 3 unspecified atom stereocenters. The highest BCUT2D eigenvalue weighted by Crippen LogP contribution is 2.29. The van der Waals surface area contributed by atoms with Crippen molar-refractivity contribution < 1.29 is 14.5 Å². The summed E-state index contributed by atoms with van der Waals surface area (Å²) in [6, 6.07) is 5.91. The summed E-state index contributed by atoms with van der Waals surface area (Å²) in [7, 11) is 0. The molecule has 1 fully saturated rings. The van der Waals surface area contributed by atoms with Gasteiger partial charge in [0.25, 0.3) is 5.69 Å². The summed E-state index contributed by atoms with van der Waals surface area (Å²) < 4.78 is 0. The van der Waals surface area contributed by atoms with Crippen LogP contribution in [0.2, 0.25) is 0 Å². The molecule has 0 heterocycles. The molecule has 1 aliphatic carbocycles. The second-order valence-electron chi connectivity index (χ2n) is 7.15. The van der Waals surface area contributed by atoms with Crippen molar-refractivity contribution in [1.82, 2.24) is 5.32 Å². The van der Waals surface area contributed by atoms with Gasteiger partial charge in [-0.05, 0) is 36.8 Å². The lowest BCUT2D eigenvalue weighted by atomic mass is 9.78. The standard InChI is InChI=1S/C19H27N3O4/c1-13-5-3-6-17(14(13)2)21-19(24)8-4-7-18(23)20-15-9-11-16(12-10-15)22(25)26/h9-14,17H,3-8H2,1-2H3,(H,20,23)(H,21,24). The Bertz CT molecular complexity index is 645. The van der Waals surface area contributed by atoms with Crippen molar-refractivity contribution in [3.63, 3.8) is 0 Å². The summed E-state index contributed by atoms with van der Waals surface area (Å²) in [6.07, 6.45) is 4.43. The van der Waals surface area contributed by atoms with Crippen LogP contribution in [0.3, 0.4) is 0 Å². The van der Waals surface area contributed by atoms with E-state index in [1.807, 2.05) is 0 Å². The van der Waals surface area contributed by atoms with E-state index in [-0.39, 0.29) is 30.0 Å². The van der Waals surface area contributed by atoms with Gasteiger partial charge in [-0.25, -0.2) is 0 Å². The van der Waals surface area contributed by atoms with Crippen LogP contribution in [0, 0.1) is 22.0 Å². The second-order valence-corrected chi connectivity index (χ2v) is 7.15. The van der Waals surface area contributed by atoms with E-state index >= 15 is 0 Å². The number of hydrogen-bond acceptors (Lipinski definition) is 4. The van der Waals surface area contributed by atoms with Crippen LogP contribution in [0.1, 0.15) is 52.4 Å². The molecular weight excluding hydrogens is 334 g/mol. The molecule has 2 rings (SSSR count). The maximum absolute atomic E-state index is 12.1. The van der Waals surface area contributed by atoms with Crippen molar-refractivity contribution in [2.75, 3.05) is 5.32 Å². The smallest absolute Gasteiger partial charge is 0.269 e. The van der Waals surface area contributed by atoms with Crippen molar-refractivity contribution in [3.8, 4) is 0 Å². The third kappa shape index (κ3) is 5.82. The molecule has 142 valence electrons. The van der Waals surface area contributed by atoms with E-state index in [4.69, 9.17) is 0 Å². The second kappa shape index (κ2) is 9.31. The van der Waals surface area contributed by atoms with Crippen LogP contribution in [0.15, 0.2) is 24.3 Å². The molecule has 1 saturated carbocycles. The molecule has 2 N–H and O–H groups in total. The number of nitro benzene ring substituents is 1. The predicted octanol–water partition coefficient (Wildman–Crippen LogP) is 3.64. The van der Waals surface area contributed by atoms with E-state index in [2.05, 4.69) is 24.5 Å². The Morgan fingerprint density at radius 2 is 1.77 bits per heavy atom. The Morgan fingerprint density at radius 1 is 1.12 bits per heavy atom. The fraction of sp³-hybridized carbons (Fsp3) is 0.579. The van der Waals surface area contributed by atoms with E-state index in [0.29, 0.717) is 30.4 Å². The average Bonchev–Trinajstić information content (AvgIpc) is 2.59. The number of anilines is 1. The SMILES string of the molecule is CC1CCCC(NC(=O)CCCC(=O)Nc2ccc([N+](=O)[O-])cc2)C1C. The highest BCUT2D eigenvalue weighted by molar-refractivity contribution is 5.91. The molecule has 0 aromatic heterocycles. The molecule has 2 amide bonds. The van der Waals surface area contributed by atoms with Crippen LogP contribution in [0.4, 0.5) is 11.4 Å². The van der Waals surface area contributed by atoms with Gasteiger partial charge in [0, 0.05) is 36.7 Å². The van der Waals surface area contributed by atoms with Crippen LogP contribution in [0.5, 0.6) is 0 Å². The van der Waals surface area contributed by atoms with E-state index < -0.39 is 4.92 Å². The number of rotatable bonds is 7. The van der Waals surface area contributed by atoms with Crippen LogP contribution < -0.4 is 10.6 Å². The van der Waals surface area contributed by atoms with Gasteiger partial charge in [-0.2, -0.15) is 0 Å². The normalized spacial score (nSPS) is 22.5. The summed E-state index contributed by atoms with van der Waals surface area (Å²) in [5.74, 6) is 0.907. The zero-order valence-electron chi connectivity index (χ0n) is 15.4. The van der Waals surface area contributed by atoms with Crippen molar-refractivity contribution in [2.24, 2.45) is 11.8 Å².